The van der Waals surface area contributed by atoms with E-state index in [9.17, 15) is 22.4 Å². The Hall–Kier alpha value is -4.02. The van der Waals surface area contributed by atoms with Gasteiger partial charge in [0.2, 0.25) is 0 Å². The number of rotatable bonds is 9. The van der Waals surface area contributed by atoms with Crippen molar-refractivity contribution >= 4 is 17.5 Å². The highest BCUT2D eigenvalue weighted by Gasteiger charge is 2.25. The zero-order chi connectivity index (χ0) is 24.1. The molecule has 2 heterocycles. The lowest BCUT2D eigenvalue weighted by atomic mass is 10.1. The van der Waals surface area contributed by atoms with Gasteiger partial charge in [0.15, 0.2) is 11.5 Å². The number of benzene rings is 2. The van der Waals surface area contributed by atoms with E-state index in [0.717, 1.165) is 11.6 Å². The van der Waals surface area contributed by atoms with Crippen LogP contribution in [0.5, 0.6) is 11.5 Å². The normalized spacial score (nSPS) is 15.2. The van der Waals surface area contributed by atoms with Crippen LogP contribution in [0.3, 0.4) is 0 Å². The number of nitrogens with zero attached hydrogens (tertiary/aromatic N) is 2. The van der Waals surface area contributed by atoms with Crippen molar-refractivity contribution in [2.45, 2.75) is 25.9 Å². The first kappa shape index (κ1) is 23.1. The van der Waals surface area contributed by atoms with E-state index in [2.05, 4.69) is 19.8 Å². The summed E-state index contributed by atoms with van der Waals surface area (Å²) in [6.07, 6.45) is 2.24. The minimum Gasteiger partial charge on any atom is -0.439 e. The summed E-state index contributed by atoms with van der Waals surface area (Å²) in [4.78, 5) is 17.3. The van der Waals surface area contributed by atoms with Gasteiger partial charge in [-0.15, -0.1) is 0 Å². The fourth-order valence-electron chi connectivity index (χ4n) is 3.52. The number of ether oxygens (including phenoxy) is 3. The van der Waals surface area contributed by atoms with Crippen molar-refractivity contribution in [1.29, 1.82) is 0 Å². The summed E-state index contributed by atoms with van der Waals surface area (Å²) in [6.45, 7) is -5.88. The molecule has 0 aliphatic carbocycles. The number of aromatic nitrogens is 1. The van der Waals surface area contributed by atoms with Gasteiger partial charge in [0, 0.05) is 36.4 Å². The number of cyclic esters (lactones) is 1. The van der Waals surface area contributed by atoms with Gasteiger partial charge in [-0.2, -0.15) is 17.6 Å². The molecule has 1 fully saturated rings. The molecule has 1 aromatic heterocycles. The molecule has 0 bridgehead atoms. The van der Waals surface area contributed by atoms with E-state index in [1.807, 2.05) is 6.07 Å². The average Bonchev–Trinajstić information content (AvgIpc) is 3.25. The minimum atomic E-state index is -3.24. The smallest absolute Gasteiger partial charge is 0.407 e. The van der Waals surface area contributed by atoms with Crippen molar-refractivity contribution < 1.29 is 36.6 Å². The molecular weight excluding hydrogens is 458 g/mol. The van der Waals surface area contributed by atoms with Crippen molar-refractivity contribution in [3.8, 4) is 11.5 Å². The Bertz CT molecular complexity index is 1130. The van der Waals surface area contributed by atoms with Crippen LogP contribution in [-0.2, 0) is 11.3 Å². The third-order valence-corrected chi connectivity index (χ3v) is 4.97. The Balaban J connectivity index is 1.74. The molecule has 0 spiro atoms. The molecule has 2 aromatic carbocycles. The van der Waals surface area contributed by atoms with E-state index in [1.165, 1.54) is 12.1 Å². The predicted molar refractivity (Wildman–Crippen MR) is 113 cm³/mol. The highest BCUT2D eigenvalue weighted by molar-refractivity contribution is 5.71. The second kappa shape index (κ2) is 10.3. The molecule has 1 aliphatic heterocycles. The van der Waals surface area contributed by atoms with E-state index >= 15 is 0 Å². The van der Waals surface area contributed by atoms with Gasteiger partial charge in [-0.1, -0.05) is 18.2 Å². The number of amides is 1. The van der Waals surface area contributed by atoms with Gasteiger partial charge in [0.1, 0.15) is 6.10 Å². The van der Waals surface area contributed by atoms with E-state index in [0.29, 0.717) is 23.5 Å². The molecule has 0 radical (unpaired) electrons. The molecule has 3 aromatic rings. The quantitative estimate of drug-likeness (QED) is 0.416. The zero-order valence-electron chi connectivity index (χ0n) is 17.5. The first-order valence-electron chi connectivity index (χ1n) is 10.1. The van der Waals surface area contributed by atoms with Crippen LogP contribution >= 0.6 is 0 Å². The summed E-state index contributed by atoms with van der Waals surface area (Å²) in [5.74, 6) is -1.05. The predicted octanol–water partition coefficient (Wildman–Crippen LogP) is 5.40. The second-order valence-electron chi connectivity index (χ2n) is 7.21. The van der Waals surface area contributed by atoms with Gasteiger partial charge >= 0.3 is 19.3 Å². The maximum Gasteiger partial charge on any atom is 0.407 e. The highest BCUT2D eigenvalue weighted by Crippen LogP contribution is 2.38. The van der Waals surface area contributed by atoms with Crippen molar-refractivity contribution in [1.82, 2.24) is 10.3 Å². The monoisotopic (exact) mass is 477 g/mol. The highest BCUT2D eigenvalue weighted by atomic mass is 19.3. The third-order valence-electron chi connectivity index (χ3n) is 4.97. The molecule has 1 amide bonds. The summed E-state index contributed by atoms with van der Waals surface area (Å²) in [5, 5.41) is 2.59. The van der Waals surface area contributed by atoms with Crippen molar-refractivity contribution in [3.63, 3.8) is 0 Å². The van der Waals surface area contributed by atoms with E-state index in [1.54, 1.807) is 47.6 Å². The first-order chi connectivity index (χ1) is 16.4. The number of alkyl halides is 4. The number of hydrogen-bond donors (Lipinski definition) is 1. The molecule has 4 rings (SSSR count). The molecule has 11 heteroatoms. The number of halogens is 4. The van der Waals surface area contributed by atoms with Crippen LogP contribution in [0.2, 0.25) is 0 Å². The van der Waals surface area contributed by atoms with Gasteiger partial charge < -0.3 is 24.4 Å². The molecule has 1 aliphatic rings. The third kappa shape index (κ3) is 5.66. The summed E-state index contributed by atoms with van der Waals surface area (Å²) < 4.78 is 65.4. The van der Waals surface area contributed by atoms with Gasteiger partial charge in [0.25, 0.3) is 0 Å². The largest absolute Gasteiger partial charge is 0.439 e. The van der Waals surface area contributed by atoms with Gasteiger partial charge in [-0.3, -0.25) is 4.98 Å². The number of carbonyl (C=O) groups excluding carboxylic acids is 1. The number of anilines is 2. The van der Waals surface area contributed by atoms with Gasteiger partial charge in [-0.05, 0) is 41.5 Å². The fraction of sp³-hybridized carbons (Fsp3) is 0.217. The Kier molecular flexibility index (Phi) is 7.00. The minimum absolute atomic E-state index is 0.267. The van der Waals surface area contributed by atoms with Crippen LogP contribution < -0.4 is 19.7 Å². The summed E-state index contributed by atoms with van der Waals surface area (Å²) in [5.41, 5.74) is 2.52. The van der Waals surface area contributed by atoms with Crippen molar-refractivity contribution in [2.24, 2.45) is 0 Å². The SMILES string of the molecule is O=C1NCC(c2cccc(N(Cc3cccnc3)c3ccc(OC(F)F)c(OC(F)F)c3)c2)O1. The number of alkyl carbamates (subject to hydrolysis) is 1. The topological polar surface area (TPSA) is 72.9 Å². The van der Waals surface area contributed by atoms with Crippen LogP contribution in [0.15, 0.2) is 67.0 Å². The standard InChI is InChI=1S/C23H19F4N3O4/c24-21(25)32-18-7-6-17(10-19(18)33-22(26)27)30(13-14-3-2-8-28-11-14)16-5-1-4-15(9-16)20-12-29-23(31)34-20/h1-11,20-22H,12-13H2,(H,29,31). The molecule has 0 saturated carbocycles. The Labute approximate surface area is 191 Å². The van der Waals surface area contributed by atoms with Gasteiger partial charge in [-0.25, -0.2) is 4.79 Å². The Morgan fingerprint density at radius 1 is 1.00 bits per heavy atom. The molecule has 1 atom stereocenters. The Morgan fingerprint density at radius 2 is 1.76 bits per heavy atom. The van der Waals surface area contributed by atoms with Crippen molar-refractivity contribution in [3.05, 3.63) is 78.1 Å². The number of carbonyl (C=O) groups is 1. The first-order valence-corrected chi connectivity index (χ1v) is 10.1. The van der Waals surface area contributed by atoms with E-state index in [-0.39, 0.29) is 6.54 Å². The fourth-order valence-corrected chi connectivity index (χ4v) is 3.52. The lowest BCUT2D eigenvalue weighted by Gasteiger charge is -2.27. The molecule has 1 unspecified atom stereocenters. The summed E-state index contributed by atoms with van der Waals surface area (Å²) >= 11 is 0. The number of hydrogen-bond acceptors (Lipinski definition) is 6. The van der Waals surface area contributed by atoms with E-state index < -0.39 is 36.9 Å². The van der Waals surface area contributed by atoms with Crippen LogP contribution in [0, 0.1) is 0 Å². The molecular formula is C23H19F4N3O4. The maximum atomic E-state index is 13.0. The van der Waals surface area contributed by atoms with Crippen LogP contribution in [-0.4, -0.2) is 30.8 Å². The average molecular weight is 477 g/mol. The van der Waals surface area contributed by atoms with Crippen LogP contribution in [0.1, 0.15) is 17.2 Å². The van der Waals surface area contributed by atoms with Crippen LogP contribution in [0.4, 0.5) is 33.7 Å². The molecule has 178 valence electrons. The van der Waals surface area contributed by atoms with Crippen LogP contribution in [0.25, 0.3) is 0 Å². The number of nitrogens with one attached hydrogen (secondary N) is 1. The molecule has 34 heavy (non-hydrogen) atoms. The molecule has 1 saturated heterocycles. The molecule has 1 N–H and O–H groups in total. The summed E-state index contributed by atoms with van der Waals surface area (Å²) in [7, 11) is 0. The maximum absolute atomic E-state index is 13.0. The van der Waals surface area contributed by atoms with E-state index in [4.69, 9.17) is 4.74 Å². The Morgan fingerprint density at radius 3 is 2.44 bits per heavy atom. The molecule has 7 nitrogen and oxygen atoms in total. The number of pyridine rings is 1. The zero-order valence-corrected chi connectivity index (χ0v) is 17.5. The lowest BCUT2D eigenvalue weighted by Crippen LogP contribution is -2.18. The van der Waals surface area contributed by atoms with Gasteiger partial charge in [0.05, 0.1) is 6.54 Å². The second-order valence-corrected chi connectivity index (χ2v) is 7.21. The summed E-state index contributed by atoms with van der Waals surface area (Å²) in [6, 6.07) is 14.5. The van der Waals surface area contributed by atoms with Crippen molar-refractivity contribution in [2.75, 3.05) is 11.4 Å². The lowest BCUT2D eigenvalue weighted by molar-refractivity contribution is -0.0692.